The van der Waals surface area contributed by atoms with Gasteiger partial charge < -0.3 is 9.84 Å². The van der Waals surface area contributed by atoms with Crippen molar-refractivity contribution in [3.05, 3.63) is 29.8 Å². The predicted octanol–water partition coefficient (Wildman–Crippen LogP) is 1.32. The standard InChI is InChI=1S/C14H21NO4S2/c1-19-13-5-3-11(4-6-13)10-20-14-7-12(9-16)15(8-14)21(2,17)18/h3-6,12,14,16H,7-10H2,1-2H3/t12-,14+/m0/s1. The van der Waals surface area contributed by atoms with Gasteiger partial charge in [0.1, 0.15) is 5.75 Å². The molecule has 7 heteroatoms. The van der Waals surface area contributed by atoms with Crippen molar-refractivity contribution < 1.29 is 18.3 Å². The Balaban J connectivity index is 1.92. The average molecular weight is 331 g/mol. The zero-order valence-corrected chi connectivity index (χ0v) is 13.9. The van der Waals surface area contributed by atoms with Gasteiger partial charge in [0.25, 0.3) is 0 Å². The highest BCUT2D eigenvalue weighted by Gasteiger charge is 2.37. The summed E-state index contributed by atoms with van der Waals surface area (Å²) in [5.74, 6) is 1.65. The topological polar surface area (TPSA) is 66.8 Å². The number of sulfonamides is 1. The molecule has 1 saturated heterocycles. The van der Waals surface area contributed by atoms with Crippen LogP contribution in [-0.2, 0) is 15.8 Å². The number of aliphatic hydroxyl groups excluding tert-OH is 1. The SMILES string of the molecule is COc1ccc(CS[C@@H]2C[C@@H](CO)N(S(C)(=O)=O)C2)cc1. The molecular weight excluding hydrogens is 310 g/mol. The maximum atomic E-state index is 11.7. The number of benzene rings is 1. The minimum atomic E-state index is -3.25. The molecule has 0 unspecified atom stereocenters. The number of aliphatic hydroxyl groups is 1. The van der Waals surface area contributed by atoms with Gasteiger partial charge >= 0.3 is 0 Å². The number of rotatable bonds is 6. The molecule has 1 fully saturated rings. The second-order valence-electron chi connectivity index (χ2n) is 5.19. The first kappa shape index (κ1) is 16.6. The summed E-state index contributed by atoms with van der Waals surface area (Å²) < 4.78 is 29.9. The van der Waals surface area contributed by atoms with E-state index in [1.54, 1.807) is 18.9 Å². The molecule has 0 saturated carbocycles. The van der Waals surface area contributed by atoms with Gasteiger partial charge in [0.15, 0.2) is 0 Å². The van der Waals surface area contributed by atoms with Gasteiger partial charge in [-0.1, -0.05) is 12.1 Å². The fourth-order valence-electron chi connectivity index (χ4n) is 2.47. The number of hydrogen-bond donors (Lipinski definition) is 1. The van der Waals surface area contributed by atoms with Gasteiger partial charge in [-0.3, -0.25) is 0 Å². The van der Waals surface area contributed by atoms with E-state index in [1.165, 1.54) is 16.1 Å². The third kappa shape index (κ3) is 4.35. The number of nitrogens with zero attached hydrogens (tertiary/aromatic N) is 1. The predicted molar refractivity (Wildman–Crippen MR) is 85.1 cm³/mol. The molecule has 1 aromatic rings. The second kappa shape index (κ2) is 7.00. The highest BCUT2D eigenvalue weighted by molar-refractivity contribution is 7.99. The number of ether oxygens (including phenoxy) is 1. The summed E-state index contributed by atoms with van der Waals surface area (Å²) in [5, 5.41) is 9.55. The first-order valence-electron chi connectivity index (χ1n) is 6.76. The van der Waals surface area contributed by atoms with Crippen molar-refractivity contribution in [1.29, 1.82) is 0 Å². The molecule has 0 aliphatic carbocycles. The van der Waals surface area contributed by atoms with E-state index in [-0.39, 0.29) is 17.9 Å². The van der Waals surface area contributed by atoms with Gasteiger partial charge in [-0.2, -0.15) is 16.1 Å². The molecular formula is C14H21NO4S2. The molecule has 118 valence electrons. The summed E-state index contributed by atoms with van der Waals surface area (Å²) in [6.07, 6.45) is 1.90. The summed E-state index contributed by atoms with van der Waals surface area (Å²) in [4.78, 5) is 0. The Morgan fingerprint density at radius 2 is 2.05 bits per heavy atom. The van der Waals surface area contributed by atoms with Crippen LogP contribution in [-0.4, -0.2) is 55.6 Å². The summed E-state index contributed by atoms with van der Waals surface area (Å²) in [7, 11) is -1.61. The van der Waals surface area contributed by atoms with Gasteiger partial charge in [0, 0.05) is 23.6 Å². The maximum absolute atomic E-state index is 11.7. The molecule has 2 rings (SSSR count). The van der Waals surface area contributed by atoms with Crippen molar-refractivity contribution in [2.45, 2.75) is 23.5 Å². The van der Waals surface area contributed by atoms with E-state index in [2.05, 4.69) is 0 Å². The van der Waals surface area contributed by atoms with Crippen LogP contribution in [0.25, 0.3) is 0 Å². The van der Waals surface area contributed by atoms with Crippen LogP contribution in [0.15, 0.2) is 24.3 Å². The van der Waals surface area contributed by atoms with Crippen LogP contribution in [0.5, 0.6) is 5.75 Å². The van der Waals surface area contributed by atoms with E-state index < -0.39 is 10.0 Å². The minimum absolute atomic E-state index is 0.118. The molecule has 5 nitrogen and oxygen atoms in total. The van der Waals surface area contributed by atoms with Crippen LogP contribution in [0.1, 0.15) is 12.0 Å². The average Bonchev–Trinajstić information content (AvgIpc) is 2.89. The molecule has 0 bridgehead atoms. The van der Waals surface area contributed by atoms with Crippen molar-refractivity contribution in [2.75, 3.05) is 26.5 Å². The van der Waals surface area contributed by atoms with Crippen molar-refractivity contribution in [3.8, 4) is 5.75 Å². The van der Waals surface area contributed by atoms with E-state index in [0.717, 1.165) is 11.5 Å². The van der Waals surface area contributed by atoms with Crippen LogP contribution in [0.4, 0.5) is 0 Å². The lowest BCUT2D eigenvalue weighted by Gasteiger charge is -2.19. The van der Waals surface area contributed by atoms with E-state index in [4.69, 9.17) is 4.74 Å². The summed E-state index contributed by atoms with van der Waals surface area (Å²) >= 11 is 1.73. The highest BCUT2D eigenvalue weighted by atomic mass is 32.2. The van der Waals surface area contributed by atoms with E-state index >= 15 is 0 Å². The maximum Gasteiger partial charge on any atom is 0.211 e. The quantitative estimate of drug-likeness (QED) is 0.852. The van der Waals surface area contributed by atoms with Gasteiger partial charge in [-0.05, 0) is 24.1 Å². The normalized spacial score (nSPS) is 23.4. The zero-order valence-electron chi connectivity index (χ0n) is 12.2. The first-order valence-corrected chi connectivity index (χ1v) is 9.66. The highest BCUT2D eigenvalue weighted by Crippen LogP contribution is 2.31. The lowest BCUT2D eigenvalue weighted by molar-refractivity contribution is 0.214. The van der Waals surface area contributed by atoms with Crippen molar-refractivity contribution in [3.63, 3.8) is 0 Å². The Kier molecular flexibility index (Phi) is 5.54. The fourth-order valence-corrected chi connectivity index (χ4v) is 4.96. The van der Waals surface area contributed by atoms with Crippen LogP contribution >= 0.6 is 11.8 Å². The summed E-state index contributed by atoms with van der Waals surface area (Å²) in [5.41, 5.74) is 1.18. The van der Waals surface area contributed by atoms with Crippen molar-refractivity contribution in [1.82, 2.24) is 4.31 Å². The van der Waals surface area contributed by atoms with Crippen LogP contribution in [0.2, 0.25) is 0 Å². The Bertz CT molecular complexity index is 559. The lowest BCUT2D eigenvalue weighted by Crippen LogP contribution is -2.36. The molecule has 1 N–H and O–H groups in total. The fraction of sp³-hybridized carbons (Fsp3) is 0.571. The Labute approximate surface area is 130 Å². The number of thioether (sulfide) groups is 1. The monoisotopic (exact) mass is 331 g/mol. The molecule has 0 amide bonds. The molecule has 1 heterocycles. The molecule has 1 aromatic carbocycles. The third-order valence-corrected chi connectivity index (χ3v) is 6.22. The molecule has 1 aliphatic rings. The molecule has 2 atom stereocenters. The Morgan fingerprint density at radius 3 is 2.52 bits per heavy atom. The van der Waals surface area contributed by atoms with Gasteiger partial charge in [-0.25, -0.2) is 8.42 Å². The van der Waals surface area contributed by atoms with Crippen molar-refractivity contribution >= 4 is 21.8 Å². The smallest absolute Gasteiger partial charge is 0.211 e. The molecule has 0 spiro atoms. The van der Waals surface area contributed by atoms with Crippen LogP contribution in [0.3, 0.4) is 0 Å². The van der Waals surface area contributed by atoms with Crippen molar-refractivity contribution in [2.24, 2.45) is 0 Å². The third-order valence-electron chi connectivity index (χ3n) is 3.61. The van der Waals surface area contributed by atoms with E-state index in [1.807, 2.05) is 24.3 Å². The molecule has 1 aliphatic heterocycles. The molecule has 0 aromatic heterocycles. The summed E-state index contributed by atoms with van der Waals surface area (Å²) in [6.45, 7) is 0.359. The first-order chi connectivity index (χ1) is 9.94. The van der Waals surface area contributed by atoms with Crippen LogP contribution < -0.4 is 4.74 Å². The summed E-state index contributed by atoms with van der Waals surface area (Å²) in [6, 6.07) is 7.58. The minimum Gasteiger partial charge on any atom is -0.497 e. The zero-order chi connectivity index (χ0) is 15.5. The molecule has 21 heavy (non-hydrogen) atoms. The van der Waals surface area contributed by atoms with Crippen LogP contribution in [0, 0.1) is 0 Å². The number of methoxy groups -OCH3 is 1. The van der Waals surface area contributed by atoms with E-state index in [9.17, 15) is 13.5 Å². The Hall–Kier alpha value is -0.760. The van der Waals surface area contributed by atoms with E-state index in [0.29, 0.717) is 13.0 Å². The second-order valence-corrected chi connectivity index (χ2v) is 8.41. The number of hydrogen-bond acceptors (Lipinski definition) is 5. The molecule has 0 radical (unpaired) electrons. The largest absolute Gasteiger partial charge is 0.497 e. The Morgan fingerprint density at radius 1 is 1.38 bits per heavy atom. The lowest BCUT2D eigenvalue weighted by atomic mass is 10.2. The van der Waals surface area contributed by atoms with Gasteiger partial charge in [-0.15, -0.1) is 0 Å². The van der Waals surface area contributed by atoms with Gasteiger partial charge in [0.2, 0.25) is 10.0 Å². The van der Waals surface area contributed by atoms with Gasteiger partial charge in [0.05, 0.1) is 20.0 Å².